The van der Waals surface area contributed by atoms with Crippen LogP contribution in [0.25, 0.3) is 6.08 Å². The summed E-state index contributed by atoms with van der Waals surface area (Å²) in [6.45, 7) is 4.48. The molecule has 0 aliphatic heterocycles. The molecule has 1 aromatic rings. The van der Waals surface area contributed by atoms with Crippen molar-refractivity contribution < 1.29 is 0 Å². The van der Waals surface area contributed by atoms with E-state index in [2.05, 4.69) is 38.1 Å². The summed E-state index contributed by atoms with van der Waals surface area (Å²) in [5, 5.41) is 0. The Morgan fingerprint density at radius 3 is 2.93 bits per heavy atom. The molecule has 0 saturated carbocycles. The lowest BCUT2D eigenvalue weighted by molar-refractivity contribution is 0.789. The Balaban J connectivity index is 2.25. The Morgan fingerprint density at radius 2 is 2.14 bits per heavy atom. The highest BCUT2D eigenvalue weighted by molar-refractivity contribution is 5.65. The SMILES string of the molecule is CCCCc1cccc2c1CC(C)=C2. The molecule has 2 rings (SSSR count). The molecule has 0 unspecified atom stereocenters. The normalized spacial score (nSPS) is 14.0. The molecule has 1 aliphatic carbocycles. The summed E-state index contributed by atoms with van der Waals surface area (Å²) in [6, 6.07) is 6.72. The highest BCUT2D eigenvalue weighted by Gasteiger charge is 2.12. The molecule has 0 spiro atoms. The lowest BCUT2D eigenvalue weighted by atomic mass is 9.98. The van der Waals surface area contributed by atoms with Gasteiger partial charge in [0.25, 0.3) is 0 Å². The fourth-order valence-electron chi connectivity index (χ4n) is 2.20. The standard InChI is InChI=1S/C14H18/c1-3-4-6-12-7-5-8-13-9-11(2)10-14(12)13/h5,7-9H,3-4,6,10H2,1-2H3. The number of unbranched alkanes of at least 4 members (excludes halogenated alkanes) is 1. The second-order valence-electron chi connectivity index (χ2n) is 4.26. The van der Waals surface area contributed by atoms with Gasteiger partial charge in [-0.3, -0.25) is 0 Å². The molecule has 1 aliphatic rings. The number of rotatable bonds is 3. The van der Waals surface area contributed by atoms with E-state index < -0.39 is 0 Å². The van der Waals surface area contributed by atoms with Crippen LogP contribution < -0.4 is 0 Å². The van der Waals surface area contributed by atoms with Crippen LogP contribution in [0.15, 0.2) is 23.8 Å². The minimum absolute atomic E-state index is 1.18. The Hall–Kier alpha value is -1.04. The topological polar surface area (TPSA) is 0 Å². The quantitative estimate of drug-likeness (QED) is 0.669. The summed E-state index contributed by atoms with van der Waals surface area (Å²) < 4.78 is 0. The highest BCUT2D eigenvalue weighted by atomic mass is 14.2. The number of benzene rings is 1. The van der Waals surface area contributed by atoms with Crippen LogP contribution in [0.4, 0.5) is 0 Å². The smallest absolute Gasteiger partial charge is 0.00579 e. The largest absolute Gasteiger partial charge is 0.0683 e. The monoisotopic (exact) mass is 186 g/mol. The third-order valence-corrected chi connectivity index (χ3v) is 2.97. The van der Waals surface area contributed by atoms with Crippen LogP contribution in [0.1, 0.15) is 43.4 Å². The second-order valence-corrected chi connectivity index (χ2v) is 4.26. The van der Waals surface area contributed by atoms with Crippen molar-refractivity contribution in [1.29, 1.82) is 0 Å². The number of fused-ring (bicyclic) bond motifs is 1. The maximum Gasteiger partial charge on any atom is -0.00579 e. The Bertz CT molecular complexity index is 358. The maximum atomic E-state index is 2.32. The molecule has 0 radical (unpaired) electrons. The summed E-state index contributed by atoms with van der Waals surface area (Å²) >= 11 is 0. The first-order valence-electron chi connectivity index (χ1n) is 5.59. The summed E-state index contributed by atoms with van der Waals surface area (Å²) in [5.74, 6) is 0. The third kappa shape index (κ3) is 1.75. The molecule has 0 atom stereocenters. The Labute approximate surface area is 86.7 Å². The molecule has 1 aromatic carbocycles. The first-order chi connectivity index (χ1) is 6.81. The molecule has 0 fully saturated rings. The maximum absolute atomic E-state index is 2.32. The molecular weight excluding hydrogens is 168 g/mol. The minimum atomic E-state index is 1.18. The average Bonchev–Trinajstić information content (AvgIpc) is 2.55. The molecular formula is C14H18. The van der Waals surface area contributed by atoms with Gasteiger partial charge >= 0.3 is 0 Å². The van der Waals surface area contributed by atoms with Crippen molar-refractivity contribution in [3.8, 4) is 0 Å². The molecule has 0 amide bonds. The molecule has 74 valence electrons. The summed E-state index contributed by atoms with van der Waals surface area (Å²) in [6.07, 6.45) is 7.35. The van der Waals surface area contributed by atoms with E-state index in [0.29, 0.717) is 0 Å². The molecule has 14 heavy (non-hydrogen) atoms. The van der Waals surface area contributed by atoms with E-state index in [0.717, 1.165) is 0 Å². The number of hydrogen-bond donors (Lipinski definition) is 0. The van der Waals surface area contributed by atoms with Gasteiger partial charge in [-0.25, -0.2) is 0 Å². The van der Waals surface area contributed by atoms with Gasteiger partial charge in [0.2, 0.25) is 0 Å². The predicted molar refractivity (Wildman–Crippen MR) is 62.4 cm³/mol. The summed E-state index contributed by atoms with van der Waals surface area (Å²) in [7, 11) is 0. The van der Waals surface area contributed by atoms with Crippen LogP contribution in [0.2, 0.25) is 0 Å². The van der Waals surface area contributed by atoms with Crippen LogP contribution in [-0.4, -0.2) is 0 Å². The number of aryl methyl sites for hydroxylation is 1. The van der Waals surface area contributed by atoms with Crippen LogP contribution in [-0.2, 0) is 12.8 Å². The van der Waals surface area contributed by atoms with Crippen molar-refractivity contribution in [2.75, 3.05) is 0 Å². The first-order valence-corrected chi connectivity index (χ1v) is 5.59. The van der Waals surface area contributed by atoms with E-state index in [1.807, 2.05) is 0 Å². The predicted octanol–water partition coefficient (Wildman–Crippen LogP) is 3.99. The fourth-order valence-corrected chi connectivity index (χ4v) is 2.20. The molecule has 0 heterocycles. The van der Waals surface area contributed by atoms with Crippen LogP contribution >= 0.6 is 0 Å². The van der Waals surface area contributed by atoms with Crippen molar-refractivity contribution >= 4 is 6.08 Å². The minimum Gasteiger partial charge on any atom is -0.0683 e. The van der Waals surface area contributed by atoms with E-state index in [4.69, 9.17) is 0 Å². The van der Waals surface area contributed by atoms with Crippen LogP contribution in [0, 0.1) is 0 Å². The van der Waals surface area contributed by atoms with Crippen molar-refractivity contribution in [3.05, 3.63) is 40.5 Å². The third-order valence-electron chi connectivity index (χ3n) is 2.97. The lowest BCUT2D eigenvalue weighted by Gasteiger charge is -2.07. The Morgan fingerprint density at radius 1 is 1.29 bits per heavy atom. The fraction of sp³-hybridized carbons (Fsp3) is 0.429. The molecule has 0 nitrogen and oxygen atoms in total. The molecule has 0 heteroatoms. The van der Waals surface area contributed by atoms with Gasteiger partial charge in [0.05, 0.1) is 0 Å². The van der Waals surface area contributed by atoms with Gasteiger partial charge in [-0.2, -0.15) is 0 Å². The van der Waals surface area contributed by atoms with E-state index >= 15 is 0 Å². The van der Waals surface area contributed by atoms with E-state index in [-0.39, 0.29) is 0 Å². The lowest BCUT2D eigenvalue weighted by Crippen LogP contribution is -1.93. The van der Waals surface area contributed by atoms with Gasteiger partial charge in [0, 0.05) is 0 Å². The van der Waals surface area contributed by atoms with Gasteiger partial charge in [-0.05, 0) is 42.9 Å². The Kier molecular flexibility index (Phi) is 2.72. The zero-order valence-electron chi connectivity index (χ0n) is 9.14. The number of allylic oxidation sites excluding steroid dienone is 1. The number of hydrogen-bond acceptors (Lipinski definition) is 0. The van der Waals surface area contributed by atoms with E-state index in [1.54, 1.807) is 11.1 Å². The zero-order chi connectivity index (χ0) is 9.97. The molecule has 0 aromatic heterocycles. The van der Waals surface area contributed by atoms with Crippen molar-refractivity contribution in [2.24, 2.45) is 0 Å². The molecule has 0 bridgehead atoms. The van der Waals surface area contributed by atoms with Crippen molar-refractivity contribution in [3.63, 3.8) is 0 Å². The first kappa shape index (κ1) is 9.51. The van der Waals surface area contributed by atoms with Crippen LogP contribution in [0.5, 0.6) is 0 Å². The zero-order valence-corrected chi connectivity index (χ0v) is 9.14. The summed E-state index contributed by atoms with van der Waals surface area (Å²) in [4.78, 5) is 0. The van der Waals surface area contributed by atoms with Gasteiger partial charge in [0.15, 0.2) is 0 Å². The highest BCUT2D eigenvalue weighted by Crippen LogP contribution is 2.28. The molecule has 0 saturated heterocycles. The van der Waals surface area contributed by atoms with Gasteiger partial charge in [0.1, 0.15) is 0 Å². The summed E-state index contributed by atoms with van der Waals surface area (Å²) in [5.41, 5.74) is 6.11. The van der Waals surface area contributed by atoms with Gasteiger partial charge in [-0.15, -0.1) is 0 Å². The van der Waals surface area contributed by atoms with E-state index in [1.165, 1.54) is 36.8 Å². The molecule has 0 N–H and O–H groups in total. The van der Waals surface area contributed by atoms with Gasteiger partial charge < -0.3 is 0 Å². The van der Waals surface area contributed by atoms with Crippen LogP contribution in [0.3, 0.4) is 0 Å². The second kappa shape index (κ2) is 4.00. The van der Waals surface area contributed by atoms with Crippen molar-refractivity contribution in [2.45, 2.75) is 39.5 Å². The average molecular weight is 186 g/mol. The van der Waals surface area contributed by atoms with Crippen molar-refractivity contribution in [1.82, 2.24) is 0 Å². The van der Waals surface area contributed by atoms with Gasteiger partial charge in [-0.1, -0.05) is 43.2 Å². The van der Waals surface area contributed by atoms with E-state index in [9.17, 15) is 0 Å².